The van der Waals surface area contributed by atoms with Crippen molar-refractivity contribution in [3.05, 3.63) is 23.3 Å². The second kappa shape index (κ2) is 5.48. The van der Waals surface area contributed by atoms with E-state index in [0.29, 0.717) is 5.25 Å². The van der Waals surface area contributed by atoms with Gasteiger partial charge in [0.15, 0.2) is 0 Å². The van der Waals surface area contributed by atoms with Crippen molar-refractivity contribution in [1.29, 1.82) is 0 Å². The van der Waals surface area contributed by atoms with E-state index in [4.69, 9.17) is 0 Å². The minimum atomic E-state index is 0.385. The maximum absolute atomic E-state index is 4.45. The van der Waals surface area contributed by atoms with Crippen LogP contribution in [0.5, 0.6) is 0 Å². The molecule has 0 amide bonds. The fourth-order valence-electron chi connectivity index (χ4n) is 0.891. The third-order valence-electron chi connectivity index (χ3n) is 1.55. The van der Waals surface area contributed by atoms with Gasteiger partial charge in [0, 0.05) is 5.25 Å². The summed E-state index contributed by atoms with van der Waals surface area (Å²) in [6.45, 7) is 8.42. The molecule has 0 saturated carbocycles. The molecule has 0 rings (SSSR count). The predicted octanol–water partition coefficient (Wildman–Crippen LogP) is 3.61. The summed E-state index contributed by atoms with van der Waals surface area (Å²) < 4.78 is 0. The maximum Gasteiger partial charge on any atom is 0.0236 e. The predicted molar refractivity (Wildman–Crippen MR) is 56.3 cm³/mol. The molecule has 0 aliphatic heterocycles. The van der Waals surface area contributed by atoms with Gasteiger partial charge in [-0.1, -0.05) is 23.3 Å². The van der Waals surface area contributed by atoms with Gasteiger partial charge in [0.05, 0.1) is 0 Å². The van der Waals surface area contributed by atoms with Crippen molar-refractivity contribution >= 4 is 12.6 Å². The molecular weight excluding hydrogens is 152 g/mol. The van der Waals surface area contributed by atoms with Crippen molar-refractivity contribution in [3.8, 4) is 0 Å². The largest absolute Gasteiger partial charge is 0.171 e. The summed E-state index contributed by atoms with van der Waals surface area (Å²) in [7, 11) is 0. The standard InChI is InChI=1S/C10H18S/c1-5-9(4)7-10(11)6-8(2)3/h5-6,10-11H,7H2,1-4H3/b9-5+. The van der Waals surface area contributed by atoms with Crippen molar-refractivity contribution in [2.45, 2.75) is 39.4 Å². The Morgan fingerprint density at radius 2 is 1.91 bits per heavy atom. The zero-order chi connectivity index (χ0) is 8.85. The molecule has 0 saturated heterocycles. The Labute approximate surface area is 75.8 Å². The van der Waals surface area contributed by atoms with Gasteiger partial charge in [0.2, 0.25) is 0 Å². The molecule has 0 aromatic rings. The van der Waals surface area contributed by atoms with Crippen molar-refractivity contribution in [1.82, 2.24) is 0 Å². The molecule has 0 heterocycles. The van der Waals surface area contributed by atoms with Crippen LogP contribution in [0, 0.1) is 0 Å². The summed E-state index contributed by atoms with van der Waals surface area (Å²) in [5, 5.41) is 0.385. The van der Waals surface area contributed by atoms with Crippen molar-refractivity contribution in [3.63, 3.8) is 0 Å². The lowest BCUT2D eigenvalue weighted by atomic mass is 10.1. The second-order valence-electron chi connectivity index (χ2n) is 3.15. The van der Waals surface area contributed by atoms with Gasteiger partial charge in [-0.3, -0.25) is 0 Å². The van der Waals surface area contributed by atoms with Crippen LogP contribution in [0.15, 0.2) is 23.3 Å². The highest BCUT2D eigenvalue weighted by atomic mass is 32.1. The van der Waals surface area contributed by atoms with E-state index in [-0.39, 0.29) is 0 Å². The summed E-state index contributed by atoms with van der Waals surface area (Å²) in [6.07, 6.45) is 5.39. The van der Waals surface area contributed by atoms with E-state index >= 15 is 0 Å². The molecule has 0 fully saturated rings. The van der Waals surface area contributed by atoms with Crippen LogP contribution in [-0.4, -0.2) is 5.25 Å². The average Bonchev–Trinajstić information content (AvgIpc) is 1.85. The average molecular weight is 170 g/mol. The van der Waals surface area contributed by atoms with Gasteiger partial charge in [-0.25, -0.2) is 0 Å². The van der Waals surface area contributed by atoms with E-state index in [1.54, 1.807) is 0 Å². The first-order valence-electron chi connectivity index (χ1n) is 4.01. The van der Waals surface area contributed by atoms with Gasteiger partial charge in [0.1, 0.15) is 0 Å². The van der Waals surface area contributed by atoms with Crippen molar-refractivity contribution < 1.29 is 0 Å². The molecule has 0 spiro atoms. The molecule has 64 valence electrons. The van der Waals surface area contributed by atoms with E-state index in [2.05, 4.69) is 52.5 Å². The molecule has 0 aromatic heterocycles. The SMILES string of the molecule is C/C=C(\C)CC(S)C=C(C)C. The van der Waals surface area contributed by atoms with Crippen LogP contribution in [0.2, 0.25) is 0 Å². The summed E-state index contributed by atoms with van der Waals surface area (Å²) in [5.74, 6) is 0. The van der Waals surface area contributed by atoms with Gasteiger partial charge in [-0.2, -0.15) is 12.6 Å². The first kappa shape index (κ1) is 10.8. The normalized spacial score (nSPS) is 14.5. The molecular formula is C10H18S. The Kier molecular flexibility index (Phi) is 5.39. The third-order valence-corrected chi connectivity index (χ3v) is 1.88. The van der Waals surface area contributed by atoms with Crippen molar-refractivity contribution in [2.75, 3.05) is 0 Å². The molecule has 11 heavy (non-hydrogen) atoms. The second-order valence-corrected chi connectivity index (χ2v) is 3.81. The lowest BCUT2D eigenvalue weighted by molar-refractivity contribution is 0.987. The highest BCUT2D eigenvalue weighted by Gasteiger charge is 1.98. The summed E-state index contributed by atoms with van der Waals surface area (Å²) in [6, 6.07) is 0. The number of allylic oxidation sites excluding steroid dienone is 3. The number of hydrogen-bond acceptors (Lipinski definition) is 1. The van der Waals surface area contributed by atoms with Gasteiger partial charge in [-0.05, 0) is 34.1 Å². The van der Waals surface area contributed by atoms with Gasteiger partial charge < -0.3 is 0 Å². The lowest BCUT2D eigenvalue weighted by Crippen LogP contribution is -1.94. The minimum absolute atomic E-state index is 0.385. The molecule has 1 atom stereocenters. The molecule has 1 heteroatoms. The van der Waals surface area contributed by atoms with Gasteiger partial charge in [0.25, 0.3) is 0 Å². The highest BCUT2D eigenvalue weighted by molar-refractivity contribution is 7.81. The maximum atomic E-state index is 4.45. The lowest BCUT2D eigenvalue weighted by Gasteiger charge is -2.05. The molecule has 1 unspecified atom stereocenters. The van der Waals surface area contributed by atoms with Crippen LogP contribution < -0.4 is 0 Å². The van der Waals surface area contributed by atoms with Gasteiger partial charge in [-0.15, -0.1) is 0 Å². The molecule has 0 aromatic carbocycles. The molecule has 0 bridgehead atoms. The van der Waals surface area contributed by atoms with Crippen molar-refractivity contribution in [2.24, 2.45) is 0 Å². The van der Waals surface area contributed by atoms with Crippen LogP contribution in [-0.2, 0) is 0 Å². The van der Waals surface area contributed by atoms with Crippen LogP contribution in [0.4, 0.5) is 0 Å². The quantitative estimate of drug-likeness (QED) is 0.485. The van der Waals surface area contributed by atoms with E-state index in [9.17, 15) is 0 Å². The van der Waals surface area contributed by atoms with E-state index < -0.39 is 0 Å². The Bertz CT molecular complexity index is 162. The van der Waals surface area contributed by atoms with E-state index in [1.807, 2.05) is 0 Å². The van der Waals surface area contributed by atoms with Crippen LogP contribution in [0.25, 0.3) is 0 Å². The van der Waals surface area contributed by atoms with Crippen LogP contribution >= 0.6 is 12.6 Å². The van der Waals surface area contributed by atoms with E-state index in [0.717, 1.165) is 6.42 Å². The topological polar surface area (TPSA) is 0 Å². The monoisotopic (exact) mass is 170 g/mol. The Morgan fingerprint density at radius 3 is 2.27 bits per heavy atom. The van der Waals surface area contributed by atoms with Gasteiger partial charge >= 0.3 is 0 Å². The first-order valence-corrected chi connectivity index (χ1v) is 4.52. The summed E-state index contributed by atoms with van der Waals surface area (Å²) in [5.41, 5.74) is 2.75. The molecule has 0 radical (unpaired) electrons. The summed E-state index contributed by atoms with van der Waals surface area (Å²) in [4.78, 5) is 0. The fraction of sp³-hybridized carbons (Fsp3) is 0.600. The number of thiol groups is 1. The minimum Gasteiger partial charge on any atom is -0.171 e. The Morgan fingerprint density at radius 1 is 1.36 bits per heavy atom. The fourth-order valence-corrected chi connectivity index (χ4v) is 1.48. The third kappa shape index (κ3) is 6.24. The zero-order valence-electron chi connectivity index (χ0n) is 7.89. The first-order chi connectivity index (χ1) is 5.06. The highest BCUT2D eigenvalue weighted by Crippen LogP contribution is 2.12. The molecule has 0 aliphatic rings. The smallest absolute Gasteiger partial charge is 0.0236 e. The van der Waals surface area contributed by atoms with Crippen LogP contribution in [0.3, 0.4) is 0 Å². The zero-order valence-corrected chi connectivity index (χ0v) is 8.78. The number of hydrogen-bond donors (Lipinski definition) is 1. The molecule has 0 aliphatic carbocycles. The van der Waals surface area contributed by atoms with E-state index in [1.165, 1.54) is 11.1 Å². The Hall–Kier alpha value is -0.170. The molecule has 0 N–H and O–H groups in total. The summed E-state index contributed by atoms with van der Waals surface area (Å²) >= 11 is 4.45. The van der Waals surface area contributed by atoms with Crippen LogP contribution in [0.1, 0.15) is 34.1 Å². The molecule has 0 nitrogen and oxygen atoms in total. The number of rotatable bonds is 3. The Balaban J connectivity index is 3.88.